The Labute approximate surface area is 161 Å². The van der Waals surface area contributed by atoms with Crippen LogP contribution in [0.3, 0.4) is 0 Å². The third-order valence-electron chi connectivity index (χ3n) is 4.56. The van der Waals surface area contributed by atoms with Gasteiger partial charge < -0.3 is 15.7 Å². The molecule has 0 saturated heterocycles. The molecule has 0 aromatic heterocycles. The van der Waals surface area contributed by atoms with Gasteiger partial charge in [0.05, 0.1) is 10.9 Å². The van der Waals surface area contributed by atoms with Crippen molar-refractivity contribution in [3.05, 3.63) is 58.7 Å². The number of carboxylic acids is 1. The topological polar surface area (TPSA) is 95.5 Å². The molecular weight excluding hydrogens is 364 g/mol. The fourth-order valence-electron chi connectivity index (χ4n) is 2.80. The van der Waals surface area contributed by atoms with E-state index in [4.69, 9.17) is 0 Å². The van der Waals surface area contributed by atoms with Gasteiger partial charge in [-0.3, -0.25) is 9.59 Å². The smallest absolute Gasteiger partial charge is 0.330 e. The maximum absolute atomic E-state index is 12.6. The number of aryl methyl sites for hydroxylation is 2. The Hall–Kier alpha value is -2.80. The molecule has 2 amide bonds. The number of carbonyl (C=O) groups is 3. The van der Waals surface area contributed by atoms with E-state index in [1.165, 1.54) is 11.8 Å². The summed E-state index contributed by atoms with van der Waals surface area (Å²) in [5.74, 6) is -1.77. The predicted octanol–water partition coefficient (Wildman–Crippen LogP) is 3.29. The van der Waals surface area contributed by atoms with E-state index < -0.39 is 17.9 Å². The van der Waals surface area contributed by atoms with Crippen molar-refractivity contribution in [2.24, 2.45) is 0 Å². The van der Waals surface area contributed by atoms with Gasteiger partial charge in [0, 0.05) is 10.5 Å². The Morgan fingerprint density at radius 3 is 2.56 bits per heavy atom. The highest BCUT2D eigenvalue weighted by atomic mass is 32.2. The van der Waals surface area contributed by atoms with Gasteiger partial charge in [0.1, 0.15) is 0 Å². The van der Waals surface area contributed by atoms with Crippen LogP contribution < -0.4 is 10.6 Å². The maximum atomic E-state index is 12.6. The van der Waals surface area contributed by atoms with Crippen molar-refractivity contribution in [3.8, 4) is 0 Å². The lowest BCUT2D eigenvalue weighted by atomic mass is 10.0. The number of hydrogen-bond acceptors (Lipinski definition) is 4. The minimum atomic E-state index is -1.16. The fourth-order valence-corrected chi connectivity index (χ4v) is 3.73. The summed E-state index contributed by atoms with van der Waals surface area (Å²) in [6.45, 7) is 5.64. The Morgan fingerprint density at radius 1 is 1.15 bits per heavy atom. The van der Waals surface area contributed by atoms with Crippen molar-refractivity contribution >= 4 is 35.2 Å². The lowest BCUT2D eigenvalue weighted by molar-refractivity contribution is -0.139. The van der Waals surface area contributed by atoms with Crippen molar-refractivity contribution in [1.29, 1.82) is 0 Å². The van der Waals surface area contributed by atoms with Crippen LogP contribution in [0, 0.1) is 13.8 Å². The minimum absolute atomic E-state index is 0.122. The van der Waals surface area contributed by atoms with E-state index in [0.717, 1.165) is 16.0 Å². The number of benzene rings is 2. The average molecular weight is 384 g/mol. The highest BCUT2D eigenvalue weighted by Gasteiger charge is 2.26. The van der Waals surface area contributed by atoms with E-state index >= 15 is 0 Å². The van der Waals surface area contributed by atoms with E-state index in [2.05, 4.69) is 10.6 Å². The number of anilines is 1. The summed E-state index contributed by atoms with van der Waals surface area (Å²) in [5, 5.41) is 14.7. The van der Waals surface area contributed by atoms with E-state index in [1.54, 1.807) is 30.3 Å². The Kier molecular flexibility index (Phi) is 5.23. The van der Waals surface area contributed by atoms with Crippen LogP contribution >= 0.6 is 11.8 Å². The first-order valence-corrected chi connectivity index (χ1v) is 9.36. The first-order valence-electron chi connectivity index (χ1n) is 8.48. The molecule has 0 fully saturated rings. The quantitative estimate of drug-likeness (QED) is 0.752. The summed E-state index contributed by atoms with van der Waals surface area (Å²) < 4.78 is 0. The van der Waals surface area contributed by atoms with Crippen LogP contribution in [0.5, 0.6) is 0 Å². The zero-order valence-electron chi connectivity index (χ0n) is 15.2. The first kappa shape index (κ1) is 19.0. The van der Waals surface area contributed by atoms with Gasteiger partial charge in [-0.15, -0.1) is 11.8 Å². The Morgan fingerprint density at radius 2 is 1.89 bits per heavy atom. The van der Waals surface area contributed by atoms with Crippen LogP contribution in [0.1, 0.15) is 40.0 Å². The second-order valence-electron chi connectivity index (χ2n) is 6.55. The van der Waals surface area contributed by atoms with Crippen molar-refractivity contribution in [2.45, 2.75) is 37.0 Å². The van der Waals surface area contributed by atoms with Crippen LogP contribution in [0.25, 0.3) is 0 Å². The van der Waals surface area contributed by atoms with Gasteiger partial charge >= 0.3 is 5.97 Å². The monoisotopic (exact) mass is 384 g/mol. The largest absolute Gasteiger partial charge is 0.479 e. The van der Waals surface area contributed by atoms with Gasteiger partial charge in [-0.1, -0.05) is 18.2 Å². The summed E-state index contributed by atoms with van der Waals surface area (Å²) in [5.41, 5.74) is 3.37. The molecule has 2 aromatic rings. The predicted molar refractivity (Wildman–Crippen MR) is 104 cm³/mol. The van der Waals surface area contributed by atoms with E-state index in [-0.39, 0.29) is 11.2 Å². The van der Waals surface area contributed by atoms with Gasteiger partial charge in [-0.2, -0.15) is 0 Å². The van der Waals surface area contributed by atoms with Gasteiger partial charge in [0.15, 0.2) is 6.04 Å². The number of thioether (sulfide) groups is 1. The van der Waals surface area contributed by atoms with Crippen LogP contribution in [0.15, 0.2) is 41.3 Å². The van der Waals surface area contributed by atoms with Crippen LogP contribution in [-0.2, 0) is 9.59 Å². The number of amides is 2. The summed E-state index contributed by atoms with van der Waals surface area (Å²) in [4.78, 5) is 37.0. The lowest BCUT2D eigenvalue weighted by Gasteiger charge is -2.22. The molecule has 2 unspecified atom stereocenters. The molecular formula is C20H20N2O4S. The van der Waals surface area contributed by atoms with E-state index in [0.29, 0.717) is 16.8 Å². The molecule has 1 heterocycles. The number of carboxylic acid groups (broad SMARTS) is 1. The molecule has 3 rings (SSSR count). The standard InChI is InChI=1S/C20H20N2O4S/c1-10-4-5-13(8-11(10)2)17(20(25)26)22-19(24)14-6-7-16-15(9-14)21-18(23)12(3)27-16/h4-9,12,17H,1-3H3,(H,21,23)(H,22,24)(H,25,26). The fraction of sp³-hybridized carbons (Fsp3) is 0.250. The molecule has 27 heavy (non-hydrogen) atoms. The average Bonchev–Trinajstić information content (AvgIpc) is 2.62. The molecule has 1 aliphatic heterocycles. The molecule has 2 aromatic carbocycles. The summed E-state index contributed by atoms with van der Waals surface area (Å²) in [6, 6.07) is 9.10. The molecule has 0 saturated carbocycles. The van der Waals surface area contributed by atoms with Crippen molar-refractivity contribution < 1.29 is 19.5 Å². The Balaban J connectivity index is 1.84. The lowest BCUT2D eigenvalue weighted by Crippen LogP contribution is -2.34. The molecule has 1 aliphatic rings. The van der Waals surface area contributed by atoms with Crippen molar-refractivity contribution in [3.63, 3.8) is 0 Å². The van der Waals surface area contributed by atoms with E-state index in [1.807, 2.05) is 26.8 Å². The zero-order chi connectivity index (χ0) is 19.7. The third kappa shape index (κ3) is 3.98. The van der Waals surface area contributed by atoms with Crippen LogP contribution in [0.4, 0.5) is 5.69 Å². The SMILES string of the molecule is Cc1ccc(C(NC(=O)c2ccc3c(c2)NC(=O)C(C)S3)C(=O)O)cc1C. The molecule has 0 aliphatic carbocycles. The van der Waals surface area contributed by atoms with Crippen molar-refractivity contribution in [1.82, 2.24) is 5.32 Å². The minimum Gasteiger partial charge on any atom is -0.479 e. The van der Waals surface area contributed by atoms with E-state index in [9.17, 15) is 19.5 Å². The molecule has 0 bridgehead atoms. The first-order chi connectivity index (χ1) is 12.8. The molecule has 0 spiro atoms. The molecule has 2 atom stereocenters. The second kappa shape index (κ2) is 7.44. The highest BCUT2D eigenvalue weighted by Crippen LogP contribution is 2.36. The Bertz CT molecular complexity index is 942. The van der Waals surface area contributed by atoms with Crippen molar-refractivity contribution in [2.75, 3.05) is 5.32 Å². The number of nitrogens with one attached hydrogen (secondary N) is 2. The normalized spacial score (nSPS) is 16.9. The van der Waals surface area contributed by atoms with Gasteiger partial charge in [-0.25, -0.2) is 4.79 Å². The number of fused-ring (bicyclic) bond motifs is 1. The van der Waals surface area contributed by atoms with Crippen LogP contribution in [-0.4, -0.2) is 28.1 Å². The maximum Gasteiger partial charge on any atom is 0.330 e. The van der Waals surface area contributed by atoms with Gasteiger partial charge in [0.2, 0.25) is 5.91 Å². The number of carbonyl (C=O) groups excluding carboxylic acids is 2. The number of aliphatic carboxylic acids is 1. The third-order valence-corrected chi connectivity index (χ3v) is 5.74. The zero-order valence-corrected chi connectivity index (χ0v) is 16.0. The molecule has 140 valence electrons. The molecule has 0 radical (unpaired) electrons. The number of rotatable bonds is 4. The van der Waals surface area contributed by atoms with Gasteiger partial charge in [0.25, 0.3) is 5.91 Å². The summed E-state index contributed by atoms with van der Waals surface area (Å²) in [7, 11) is 0. The molecule has 7 heteroatoms. The summed E-state index contributed by atoms with van der Waals surface area (Å²) >= 11 is 1.42. The molecule has 3 N–H and O–H groups in total. The highest BCUT2D eigenvalue weighted by molar-refractivity contribution is 8.00. The van der Waals surface area contributed by atoms with Gasteiger partial charge in [-0.05, 0) is 55.7 Å². The summed E-state index contributed by atoms with van der Waals surface area (Å²) in [6.07, 6.45) is 0. The number of hydrogen-bond donors (Lipinski definition) is 3. The van der Waals surface area contributed by atoms with Crippen LogP contribution in [0.2, 0.25) is 0 Å². The second-order valence-corrected chi connectivity index (χ2v) is 7.93. The molecule has 6 nitrogen and oxygen atoms in total.